The zero-order valence-electron chi connectivity index (χ0n) is 8.52. The van der Waals surface area contributed by atoms with Crippen molar-refractivity contribution in [2.45, 2.75) is 45.8 Å². The van der Waals surface area contributed by atoms with E-state index >= 15 is 0 Å². The minimum Gasteiger partial charge on any atom is -0.519 e. The molecule has 0 saturated carbocycles. The molecule has 0 fully saturated rings. The Morgan fingerprint density at radius 3 is 1.92 bits per heavy atom. The van der Waals surface area contributed by atoms with Crippen molar-refractivity contribution in [3.63, 3.8) is 0 Å². The molecule has 0 aliphatic heterocycles. The second-order valence-corrected chi connectivity index (χ2v) is 7.64. The number of carbonyl (C=O) groups is 1. The Bertz CT molecular complexity index is 133. The molecule has 0 rings (SSSR count). The fourth-order valence-electron chi connectivity index (χ4n) is 1.24. The van der Waals surface area contributed by atoms with E-state index in [9.17, 15) is 4.79 Å². The molecule has 2 nitrogen and oxygen atoms in total. The maximum atomic E-state index is 11.1. The van der Waals surface area contributed by atoms with E-state index in [4.69, 9.17) is 4.43 Å². The van der Waals surface area contributed by atoms with Crippen LogP contribution in [0, 0.1) is 6.42 Å². The van der Waals surface area contributed by atoms with Crippen LogP contribution in [0.2, 0.25) is 18.1 Å². The van der Waals surface area contributed by atoms with Crippen molar-refractivity contribution in [3.05, 3.63) is 6.42 Å². The Morgan fingerprint density at radius 2 is 1.67 bits per heavy atom. The van der Waals surface area contributed by atoms with E-state index in [2.05, 4.69) is 20.8 Å². The lowest BCUT2D eigenvalue weighted by Crippen LogP contribution is -2.38. The van der Waals surface area contributed by atoms with Gasteiger partial charge >= 0.3 is 0 Å². The van der Waals surface area contributed by atoms with Gasteiger partial charge in [0.25, 0.3) is 14.3 Å². The summed E-state index contributed by atoms with van der Waals surface area (Å²) >= 11 is 0. The highest BCUT2D eigenvalue weighted by Gasteiger charge is 2.32. The molecule has 0 aliphatic carbocycles. The maximum absolute atomic E-state index is 11.1. The second kappa shape index (κ2) is 5.35. The Balaban J connectivity index is 4.19. The van der Waals surface area contributed by atoms with Gasteiger partial charge in [-0.3, -0.25) is 4.79 Å². The lowest BCUT2D eigenvalue weighted by molar-refractivity contribution is -0.131. The highest BCUT2D eigenvalue weighted by Crippen LogP contribution is 2.21. The number of rotatable bonds is 5. The summed E-state index contributed by atoms with van der Waals surface area (Å²) in [5, 5.41) is 0. The first kappa shape index (κ1) is 11.7. The van der Waals surface area contributed by atoms with Crippen LogP contribution in [0.4, 0.5) is 0 Å². The van der Waals surface area contributed by atoms with E-state index in [0.29, 0.717) is 0 Å². The lowest BCUT2D eigenvalue weighted by atomic mass is 10.5. The van der Waals surface area contributed by atoms with Crippen LogP contribution < -0.4 is 0 Å². The zero-order chi connectivity index (χ0) is 9.61. The van der Waals surface area contributed by atoms with Gasteiger partial charge in [-0.2, -0.15) is 0 Å². The van der Waals surface area contributed by atoms with Crippen LogP contribution >= 0.6 is 0 Å². The predicted molar refractivity (Wildman–Crippen MR) is 53.3 cm³/mol. The summed E-state index contributed by atoms with van der Waals surface area (Å²) in [6, 6.07) is 3.08. The van der Waals surface area contributed by atoms with Gasteiger partial charge in [-0.15, -0.1) is 0 Å². The third kappa shape index (κ3) is 2.97. The van der Waals surface area contributed by atoms with Crippen LogP contribution in [0.3, 0.4) is 0 Å². The molecule has 0 unspecified atom stereocenters. The zero-order valence-corrected chi connectivity index (χ0v) is 9.52. The van der Waals surface area contributed by atoms with Gasteiger partial charge in [0, 0.05) is 0 Å². The summed E-state index contributed by atoms with van der Waals surface area (Å²) in [6.07, 6.45) is 1.50. The van der Waals surface area contributed by atoms with E-state index < -0.39 is 8.32 Å². The van der Waals surface area contributed by atoms with Gasteiger partial charge in [0.15, 0.2) is 0 Å². The quantitative estimate of drug-likeness (QED) is 0.619. The van der Waals surface area contributed by atoms with Gasteiger partial charge in [0.2, 0.25) is 0 Å². The fourth-order valence-corrected chi connectivity index (χ4v) is 3.72. The average molecular weight is 187 g/mol. The largest absolute Gasteiger partial charge is 0.519 e. The minimum atomic E-state index is -1.68. The van der Waals surface area contributed by atoms with Crippen LogP contribution in [0.5, 0.6) is 0 Å². The SMILES string of the molecule is C[CH]C(=O)O[Si](CC)(CC)CC. The standard InChI is InChI=1S/C9H19O2Si/c1-5-9(10)11-12(6-2,7-3)8-4/h5H,6-8H2,1-4H3. The average Bonchev–Trinajstić information content (AvgIpc) is 2.14. The smallest absolute Gasteiger partial charge is 0.296 e. The number of hydrogen-bond acceptors (Lipinski definition) is 2. The fraction of sp³-hybridized carbons (Fsp3) is 0.778. The van der Waals surface area contributed by atoms with Crippen molar-refractivity contribution < 1.29 is 9.22 Å². The first-order valence-corrected chi connectivity index (χ1v) is 7.19. The molecule has 0 saturated heterocycles. The van der Waals surface area contributed by atoms with Crippen molar-refractivity contribution in [1.82, 2.24) is 0 Å². The molecule has 0 heterocycles. The monoisotopic (exact) mass is 187 g/mol. The third-order valence-corrected chi connectivity index (χ3v) is 6.99. The molecule has 0 N–H and O–H groups in total. The molecule has 3 heteroatoms. The molecule has 0 amide bonds. The summed E-state index contributed by atoms with van der Waals surface area (Å²) in [7, 11) is -1.68. The van der Waals surface area contributed by atoms with E-state index in [1.165, 1.54) is 6.42 Å². The van der Waals surface area contributed by atoms with Crippen molar-refractivity contribution in [2.24, 2.45) is 0 Å². The highest BCUT2D eigenvalue weighted by molar-refractivity contribution is 6.75. The molecule has 0 bridgehead atoms. The third-order valence-electron chi connectivity index (χ3n) is 2.49. The Labute approximate surface area is 76.4 Å². The molecular weight excluding hydrogens is 168 g/mol. The Hall–Kier alpha value is -0.313. The predicted octanol–water partition coefficient (Wildman–Crippen LogP) is 2.76. The lowest BCUT2D eigenvalue weighted by Gasteiger charge is -2.27. The summed E-state index contributed by atoms with van der Waals surface area (Å²) in [5.74, 6) is -0.146. The molecule has 0 aliphatic rings. The molecule has 0 aromatic carbocycles. The summed E-state index contributed by atoms with van der Waals surface area (Å²) in [4.78, 5) is 11.1. The van der Waals surface area contributed by atoms with Crippen molar-refractivity contribution in [3.8, 4) is 0 Å². The molecule has 0 atom stereocenters. The molecule has 71 valence electrons. The second-order valence-electron chi connectivity index (χ2n) is 2.95. The Kier molecular flexibility index (Phi) is 5.21. The first-order chi connectivity index (χ1) is 5.64. The van der Waals surface area contributed by atoms with Gasteiger partial charge in [0.1, 0.15) is 0 Å². The van der Waals surface area contributed by atoms with E-state index in [1.807, 2.05) is 0 Å². The van der Waals surface area contributed by atoms with Gasteiger partial charge < -0.3 is 4.43 Å². The highest BCUT2D eigenvalue weighted by atomic mass is 28.4. The van der Waals surface area contributed by atoms with Crippen molar-refractivity contribution >= 4 is 14.3 Å². The number of carbonyl (C=O) groups excluding carboxylic acids is 1. The Morgan fingerprint density at radius 1 is 1.25 bits per heavy atom. The van der Waals surface area contributed by atoms with E-state index in [0.717, 1.165) is 18.1 Å². The maximum Gasteiger partial charge on any atom is 0.296 e. The summed E-state index contributed by atoms with van der Waals surface area (Å²) in [5.41, 5.74) is 0. The first-order valence-electron chi connectivity index (χ1n) is 4.66. The van der Waals surface area contributed by atoms with Crippen LogP contribution in [0.25, 0.3) is 0 Å². The minimum absolute atomic E-state index is 0.146. The molecule has 12 heavy (non-hydrogen) atoms. The van der Waals surface area contributed by atoms with Gasteiger partial charge in [-0.25, -0.2) is 0 Å². The molecule has 0 aromatic heterocycles. The summed E-state index contributed by atoms with van der Waals surface area (Å²) < 4.78 is 5.48. The van der Waals surface area contributed by atoms with E-state index in [-0.39, 0.29) is 5.97 Å². The van der Waals surface area contributed by atoms with Gasteiger partial charge in [0.05, 0.1) is 6.42 Å². The van der Waals surface area contributed by atoms with E-state index in [1.54, 1.807) is 6.92 Å². The van der Waals surface area contributed by atoms with Crippen LogP contribution in [0.15, 0.2) is 0 Å². The molecule has 0 spiro atoms. The molecular formula is C9H19O2Si. The molecule has 0 aromatic rings. The van der Waals surface area contributed by atoms with Crippen molar-refractivity contribution in [1.29, 1.82) is 0 Å². The van der Waals surface area contributed by atoms with Crippen LogP contribution in [-0.4, -0.2) is 14.3 Å². The van der Waals surface area contributed by atoms with Crippen molar-refractivity contribution in [2.75, 3.05) is 0 Å². The van der Waals surface area contributed by atoms with Crippen LogP contribution in [0.1, 0.15) is 27.7 Å². The topological polar surface area (TPSA) is 26.3 Å². The van der Waals surface area contributed by atoms with Gasteiger partial charge in [-0.1, -0.05) is 27.7 Å². The number of hydrogen-bond donors (Lipinski definition) is 0. The summed E-state index contributed by atoms with van der Waals surface area (Å²) in [6.45, 7) is 8.06. The molecule has 1 radical (unpaired) electrons. The van der Waals surface area contributed by atoms with Crippen LogP contribution in [-0.2, 0) is 9.22 Å². The normalized spacial score (nSPS) is 11.3. The van der Waals surface area contributed by atoms with Gasteiger partial charge in [-0.05, 0) is 18.1 Å².